The van der Waals surface area contributed by atoms with E-state index in [4.69, 9.17) is 11.6 Å². The minimum absolute atomic E-state index is 0.162. The number of hydrogen-bond donors (Lipinski definition) is 1. The first kappa shape index (κ1) is 16.3. The second-order valence-corrected chi connectivity index (χ2v) is 5.98. The molecular weight excluding hydrogens is 322 g/mol. The molecule has 0 aliphatic rings. The van der Waals surface area contributed by atoms with E-state index in [1.165, 1.54) is 10.2 Å². The van der Waals surface area contributed by atoms with E-state index in [0.29, 0.717) is 18.8 Å². The third kappa shape index (κ3) is 3.66. The Hall–Kier alpha value is -2.59. The Morgan fingerprint density at radius 1 is 1.08 bits per heavy atom. The second kappa shape index (κ2) is 7.32. The van der Waals surface area contributed by atoms with Gasteiger partial charge in [0.05, 0.1) is 18.4 Å². The van der Waals surface area contributed by atoms with Crippen molar-refractivity contribution in [1.29, 1.82) is 0 Å². The largest absolute Gasteiger partial charge is 0.378 e. The van der Waals surface area contributed by atoms with Crippen molar-refractivity contribution in [3.05, 3.63) is 92.9 Å². The van der Waals surface area contributed by atoms with Crippen LogP contribution in [0, 0.1) is 6.92 Å². The fourth-order valence-corrected chi connectivity index (χ4v) is 2.67. The van der Waals surface area contributed by atoms with Crippen LogP contribution in [0.4, 0.5) is 5.69 Å². The Morgan fingerprint density at radius 2 is 1.79 bits per heavy atom. The van der Waals surface area contributed by atoms with Crippen molar-refractivity contribution < 1.29 is 0 Å². The van der Waals surface area contributed by atoms with E-state index in [9.17, 15) is 4.79 Å². The smallest absolute Gasteiger partial charge is 0.287 e. The SMILES string of the molecule is Cc1ccccc1CNc1cnn(Cc2ccccc2)c(=O)c1Cl. The maximum absolute atomic E-state index is 12.4. The van der Waals surface area contributed by atoms with Crippen molar-refractivity contribution in [2.24, 2.45) is 0 Å². The van der Waals surface area contributed by atoms with E-state index in [1.54, 1.807) is 6.20 Å². The van der Waals surface area contributed by atoms with E-state index in [0.717, 1.165) is 11.1 Å². The average molecular weight is 340 g/mol. The van der Waals surface area contributed by atoms with Gasteiger partial charge in [0.2, 0.25) is 0 Å². The van der Waals surface area contributed by atoms with Gasteiger partial charge >= 0.3 is 0 Å². The van der Waals surface area contributed by atoms with Gasteiger partial charge in [0.15, 0.2) is 0 Å². The van der Waals surface area contributed by atoms with Crippen LogP contribution >= 0.6 is 11.6 Å². The molecule has 0 radical (unpaired) electrons. The van der Waals surface area contributed by atoms with Crippen molar-refractivity contribution in [3.63, 3.8) is 0 Å². The minimum atomic E-state index is -0.296. The molecule has 0 aliphatic carbocycles. The number of anilines is 1. The fourth-order valence-electron chi connectivity index (χ4n) is 2.46. The standard InChI is InChI=1S/C19H18ClN3O/c1-14-7-5-6-10-16(14)11-21-17-12-22-23(19(24)18(17)20)13-15-8-3-2-4-9-15/h2-10,12,21H,11,13H2,1H3. The lowest BCUT2D eigenvalue weighted by atomic mass is 10.1. The molecule has 0 unspecified atom stereocenters. The highest BCUT2D eigenvalue weighted by molar-refractivity contribution is 6.32. The van der Waals surface area contributed by atoms with Crippen molar-refractivity contribution in [2.75, 3.05) is 5.32 Å². The molecule has 0 atom stereocenters. The second-order valence-electron chi connectivity index (χ2n) is 5.60. The Balaban J connectivity index is 1.78. The van der Waals surface area contributed by atoms with Gasteiger partial charge in [0.1, 0.15) is 5.02 Å². The summed E-state index contributed by atoms with van der Waals surface area (Å²) in [6.45, 7) is 3.04. The zero-order chi connectivity index (χ0) is 16.9. The van der Waals surface area contributed by atoms with Crippen LogP contribution in [0.1, 0.15) is 16.7 Å². The van der Waals surface area contributed by atoms with Crippen LogP contribution in [-0.4, -0.2) is 9.78 Å². The maximum atomic E-state index is 12.4. The molecule has 0 aliphatic heterocycles. The van der Waals surface area contributed by atoms with Gasteiger partial charge in [-0.15, -0.1) is 0 Å². The number of aryl methyl sites for hydroxylation is 1. The van der Waals surface area contributed by atoms with Crippen LogP contribution in [0.2, 0.25) is 5.02 Å². The first-order valence-electron chi connectivity index (χ1n) is 7.73. The number of benzene rings is 2. The van der Waals surface area contributed by atoms with Crippen LogP contribution in [0.25, 0.3) is 0 Å². The molecule has 1 heterocycles. The van der Waals surface area contributed by atoms with E-state index in [2.05, 4.69) is 23.4 Å². The Labute approximate surface area is 145 Å². The zero-order valence-corrected chi connectivity index (χ0v) is 14.1. The summed E-state index contributed by atoms with van der Waals surface area (Å²) in [5, 5.41) is 7.58. The maximum Gasteiger partial charge on any atom is 0.287 e. The monoisotopic (exact) mass is 339 g/mol. The van der Waals surface area contributed by atoms with Crippen molar-refractivity contribution >= 4 is 17.3 Å². The molecular formula is C19H18ClN3O. The molecule has 5 heteroatoms. The zero-order valence-electron chi connectivity index (χ0n) is 13.4. The van der Waals surface area contributed by atoms with Crippen LogP contribution in [-0.2, 0) is 13.1 Å². The Kier molecular flexibility index (Phi) is 4.96. The summed E-state index contributed by atoms with van der Waals surface area (Å²) in [4.78, 5) is 12.4. The van der Waals surface area contributed by atoms with Gasteiger partial charge in [-0.2, -0.15) is 5.10 Å². The Morgan fingerprint density at radius 3 is 2.54 bits per heavy atom. The summed E-state index contributed by atoms with van der Waals surface area (Å²) in [7, 11) is 0. The van der Waals surface area contributed by atoms with E-state index in [-0.39, 0.29) is 10.6 Å². The van der Waals surface area contributed by atoms with Crippen molar-refractivity contribution in [2.45, 2.75) is 20.0 Å². The lowest BCUT2D eigenvalue weighted by molar-refractivity contribution is 0.640. The van der Waals surface area contributed by atoms with Crippen LogP contribution in [0.3, 0.4) is 0 Å². The number of hydrogen-bond acceptors (Lipinski definition) is 3. The molecule has 2 aromatic carbocycles. The Bertz CT molecular complexity index is 891. The first-order chi connectivity index (χ1) is 11.6. The quantitative estimate of drug-likeness (QED) is 0.767. The van der Waals surface area contributed by atoms with Gasteiger partial charge in [-0.25, -0.2) is 4.68 Å². The van der Waals surface area contributed by atoms with Crippen molar-refractivity contribution in [1.82, 2.24) is 9.78 Å². The third-order valence-corrected chi connectivity index (χ3v) is 4.26. The molecule has 1 aromatic heterocycles. The van der Waals surface area contributed by atoms with Crippen LogP contribution < -0.4 is 10.9 Å². The summed E-state index contributed by atoms with van der Waals surface area (Å²) in [6, 6.07) is 17.8. The predicted molar refractivity (Wildman–Crippen MR) is 97.6 cm³/mol. The molecule has 0 saturated carbocycles. The topological polar surface area (TPSA) is 46.9 Å². The number of halogens is 1. The molecule has 0 spiro atoms. The molecule has 24 heavy (non-hydrogen) atoms. The fraction of sp³-hybridized carbons (Fsp3) is 0.158. The van der Waals surface area contributed by atoms with E-state index < -0.39 is 0 Å². The predicted octanol–water partition coefficient (Wildman–Crippen LogP) is 3.87. The third-order valence-electron chi connectivity index (χ3n) is 3.89. The summed E-state index contributed by atoms with van der Waals surface area (Å²) < 4.78 is 1.37. The average Bonchev–Trinajstić information content (AvgIpc) is 2.60. The van der Waals surface area contributed by atoms with Crippen LogP contribution in [0.5, 0.6) is 0 Å². The van der Waals surface area contributed by atoms with Gasteiger partial charge in [-0.05, 0) is 23.6 Å². The highest BCUT2D eigenvalue weighted by Gasteiger charge is 2.10. The van der Waals surface area contributed by atoms with Crippen LogP contribution in [0.15, 0.2) is 65.6 Å². The lowest BCUT2D eigenvalue weighted by Crippen LogP contribution is -2.24. The van der Waals surface area contributed by atoms with Gasteiger partial charge < -0.3 is 5.32 Å². The molecule has 0 amide bonds. The molecule has 4 nitrogen and oxygen atoms in total. The van der Waals surface area contributed by atoms with Gasteiger partial charge in [-0.3, -0.25) is 4.79 Å². The summed E-state index contributed by atoms with van der Waals surface area (Å²) in [6.07, 6.45) is 1.60. The first-order valence-corrected chi connectivity index (χ1v) is 8.11. The van der Waals surface area contributed by atoms with Crippen molar-refractivity contribution in [3.8, 4) is 0 Å². The van der Waals surface area contributed by atoms with Gasteiger partial charge in [-0.1, -0.05) is 66.2 Å². The minimum Gasteiger partial charge on any atom is -0.378 e. The normalized spacial score (nSPS) is 10.6. The highest BCUT2D eigenvalue weighted by atomic mass is 35.5. The molecule has 122 valence electrons. The van der Waals surface area contributed by atoms with Gasteiger partial charge in [0.25, 0.3) is 5.56 Å². The van der Waals surface area contributed by atoms with E-state index >= 15 is 0 Å². The van der Waals surface area contributed by atoms with E-state index in [1.807, 2.05) is 48.5 Å². The molecule has 3 aromatic rings. The molecule has 1 N–H and O–H groups in total. The highest BCUT2D eigenvalue weighted by Crippen LogP contribution is 2.17. The molecule has 0 bridgehead atoms. The molecule has 3 rings (SSSR count). The number of rotatable bonds is 5. The van der Waals surface area contributed by atoms with Gasteiger partial charge in [0, 0.05) is 6.54 Å². The number of nitrogens with one attached hydrogen (secondary N) is 1. The summed E-state index contributed by atoms with van der Waals surface area (Å²) in [5.74, 6) is 0. The summed E-state index contributed by atoms with van der Waals surface area (Å²) >= 11 is 6.23. The number of aromatic nitrogens is 2. The summed E-state index contributed by atoms with van der Waals surface area (Å²) in [5.41, 5.74) is 3.60. The lowest BCUT2D eigenvalue weighted by Gasteiger charge is -2.11. The number of nitrogens with zero attached hydrogens (tertiary/aromatic N) is 2. The molecule has 0 saturated heterocycles. The molecule has 0 fully saturated rings.